The van der Waals surface area contributed by atoms with Gasteiger partial charge in [0.1, 0.15) is 6.04 Å². The summed E-state index contributed by atoms with van der Waals surface area (Å²) in [6, 6.07) is 4.07. The number of aromatic carboxylic acids is 1. The van der Waals surface area contributed by atoms with Gasteiger partial charge >= 0.3 is 5.97 Å². The predicted molar refractivity (Wildman–Crippen MR) is 74.4 cm³/mol. The van der Waals surface area contributed by atoms with Gasteiger partial charge in [0.05, 0.1) is 16.9 Å². The first-order chi connectivity index (χ1) is 8.88. The van der Waals surface area contributed by atoms with Crippen molar-refractivity contribution in [1.82, 2.24) is 5.32 Å². The Morgan fingerprint density at radius 3 is 2.58 bits per heavy atom. The van der Waals surface area contributed by atoms with Crippen LogP contribution in [0.15, 0.2) is 18.2 Å². The molecule has 0 saturated heterocycles. The second-order valence-electron chi connectivity index (χ2n) is 4.26. The monoisotopic (exact) mass is 265 g/mol. The average Bonchev–Trinajstić information content (AvgIpc) is 2.37. The first-order valence-corrected chi connectivity index (χ1v) is 6.01. The molecule has 1 aromatic rings. The summed E-state index contributed by atoms with van der Waals surface area (Å²) in [5.41, 5.74) is 6.92. The van der Waals surface area contributed by atoms with Crippen molar-refractivity contribution in [3.05, 3.63) is 23.8 Å². The van der Waals surface area contributed by atoms with Crippen molar-refractivity contribution in [2.75, 3.05) is 24.2 Å². The number of nitrogens with zero attached hydrogens (tertiary/aromatic N) is 1. The molecule has 0 aromatic heterocycles. The third-order valence-electron chi connectivity index (χ3n) is 2.97. The van der Waals surface area contributed by atoms with E-state index in [9.17, 15) is 9.59 Å². The summed E-state index contributed by atoms with van der Waals surface area (Å²) in [4.78, 5) is 24.3. The zero-order chi connectivity index (χ0) is 14.6. The molecule has 0 aliphatic heterocycles. The Balaban J connectivity index is 2.96. The third kappa shape index (κ3) is 3.37. The van der Waals surface area contributed by atoms with Crippen LogP contribution in [0.5, 0.6) is 0 Å². The number of anilines is 2. The Morgan fingerprint density at radius 1 is 1.47 bits per heavy atom. The lowest BCUT2D eigenvalue weighted by atomic mass is 10.1. The van der Waals surface area contributed by atoms with Crippen molar-refractivity contribution in [1.29, 1.82) is 0 Å². The molecule has 1 rings (SSSR count). The number of nitrogens with two attached hydrogens (primary N) is 1. The molecule has 6 heteroatoms. The van der Waals surface area contributed by atoms with E-state index < -0.39 is 12.0 Å². The molecule has 19 heavy (non-hydrogen) atoms. The molecule has 1 atom stereocenters. The van der Waals surface area contributed by atoms with E-state index in [1.54, 1.807) is 24.9 Å². The van der Waals surface area contributed by atoms with Gasteiger partial charge in [-0.3, -0.25) is 4.79 Å². The minimum absolute atomic E-state index is 0.105. The number of amides is 1. The Morgan fingerprint density at radius 2 is 2.11 bits per heavy atom. The largest absolute Gasteiger partial charge is 0.478 e. The lowest BCUT2D eigenvalue weighted by molar-refractivity contribution is -0.121. The van der Waals surface area contributed by atoms with Gasteiger partial charge in [0.2, 0.25) is 5.91 Å². The number of carbonyl (C=O) groups excluding carboxylic acids is 1. The van der Waals surface area contributed by atoms with E-state index in [4.69, 9.17) is 10.8 Å². The van der Waals surface area contributed by atoms with Gasteiger partial charge in [-0.25, -0.2) is 4.79 Å². The van der Waals surface area contributed by atoms with Crippen LogP contribution in [0, 0.1) is 0 Å². The molecule has 1 amide bonds. The smallest absolute Gasteiger partial charge is 0.335 e. The van der Waals surface area contributed by atoms with Crippen LogP contribution >= 0.6 is 0 Å². The molecule has 0 aliphatic carbocycles. The SMILES string of the molecule is CCNC(=O)C(C)N(C)c1ccc(C(=O)O)cc1N. The lowest BCUT2D eigenvalue weighted by Crippen LogP contribution is -2.43. The van der Waals surface area contributed by atoms with Gasteiger partial charge in [-0.2, -0.15) is 0 Å². The number of nitrogen functional groups attached to an aromatic ring is 1. The van der Waals surface area contributed by atoms with Crippen LogP contribution < -0.4 is 16.0 Å². The first kappa shape index (κ1) is 14.8. The summed E-state index contributed by atoms with van der Waals surface area (Å²) in [5, 5.41) is 11.6. The van der Waals surface area contributed by atoms with Crippen molar-refractivity contribution >= 4 is 23.3 Å². The van der Waals surface area contributed by atoms with Gasteiger partial charge in [-0.15, -0.1) is 0 Å². The number of carbonyl (C=O) groups is 2. The fourth-order valence-corrected chi connectivity index (χ4v) is 1.72. The van der Waals surface area contributed by atoms with Crippen molar-refractivity contribution in [3.63, 3.8) is 0 Å². The molecule has 0 heterocycles. The molecular weight excluding hydrogens is 246 g/mol. The maximum Gasteiger partial charge on any atom is 0.335 e. The minimum Gasteiger partial charge on any atom is -0.478 e. The highest BCUT2D eigenvalue weighted by molar-refractivity contribution is 5.91. The van der Waals surface area contributed by atoms with E-state index in [1.165, 1.54) is 12.1 Å². The molecule has 0 bridgehead atoms. The normalized spacial score (nSPS) is 11.7. The fraction of sp³-hybridized carbons (Fsp3) is 0.385. The van der Waals surface area contributed by atoms with Gasteiger partial charge in [0, 0.05) is 13.6 Å². The van der Waals surface area contributed by atoms with Gasteiger partial charge in [0.15, 0.2) is 0 Å². The number of carboxylic acid groups (broad SMARTS) is 1. The summed E-state index contributed by atoms with van der Waals surface area (Å²) in [6.45, 7) is 4.17. The zero-order valence-electron chi connectivity index (χ0n) is 11.3. The van der Waals surface area contributed by atoms with E-state index in [-0.39, 0.29) is 11.5 Å². The summed E-state index contributed by atoms with van der Waals surface area (Å²) in [7, 11) is 1.74. The number of benzene rings is 1. The van der Waals surface area contributed by atoms with Crippen LogP contribution in [0.4, 0.5) is 11.4 Å². The highest BCUT2D eigenvalue weighted by atomic mass is 16.4. The number of carboxylic acids is 1. The summed E-state index contributed by atoms with van der Waals surface area (Å²) in [5.74, 6) is -1.13. The van der Waals surface area contributed by atoms with Crippen molar-refractivity contribution in [2.45, 2.75) is 19.9 Å². The van der Waals surface area contributed by atoms with E-state index in [2.05, 4.69) is 5.32 Å². The van der Waals surface area contributed by atoms with Crippen LogP contribution in [0.2, 0.25) is 0 Å². The predicted octanol–water partition coefficient (Wildman–Crippen LogP) is 0.928. The van der Waals surface area contributed by atoms with Crippen LogP contribution in [0.1, 0.15) is 24.2 Å². The summed E-state index contributed by atoms with van der Waals surface area (Å²) in [6.07, 6.45) is 0. The van der Waals surface area contributed by atoms with Crippen molar-refractivity contribution in [3.8, 4) is 0 Å². The molecule has 1 unspecified atom stereocenters. The van der Waals surface area contributed by atoms with Crippen molar-refractivity contribution in [2.24, 2.45) is 0 Å². The lowest BCUT2D eigenvalue weighted by Gasteiger charge is -2.27. The van der Waals surface area contributed by atoms with E-state index >= 15 is 0 Å². The zero-order valence-corrected chi connectivity index (χ0v) is 11.3. The van der Waals surface area contributed by atoms with Gasteiger partial charge in [0.25, 0.3) is 0 Å². The van der Waals surface area contributed by atoms with Gasteiger partial charge < -0.3 is 21.1 Å². The number of hydrogen-bond acceptors (Lipinski definition) is 4. The van der Waals surface area contributed by atoms with Crippen LogP contribution in [0.3, 0.4) is 0 Å². The minimum atomic E-state index is -1.03. The third-order valence-corrected chi connectivity index (χ3v) is 2.97. The highest BCUT2D eigenvalue weighted by Gasteiger charge is 2.19. The molecule has 0 saturated carbocycles. The molecule has 0 aliphatic rings. The molecule has 1 aromatic carbocycles. The molecular formula is C13H19N3O3. The second-order valence-corrected chi connectivity index (χ2v) is 4.26. The molecule has 0 spiro atoms. The van der Waals surface area contributed by atoms with Crippen LogP contribution in [0.25, 0.3) is 0 Å². The Kier molecular flexibility index (Phi) is 4.74. The Bertz CT molecular complexity index is 488. The van der Waals surface area contributed by atoms with Gasteiger partial charge in [-0.1, -0.05) is 0 Å². The topological polar surface area (TPSA) is 95.7 Å². The Hall–Kier alpha value is -2.24. The molecule has 104 valence electrons. The number of likely N-dealkylation sites (N-methyl/N-ethyl adjacent to an activating group) is 2. The number of hydrogen-bond donors (Lipinski definition) is 3. The molecule has 0 fully saturated rings. The fourth-order valence-electron chi connectivity index (χ4n) is 1.72. The van der Waals surface area contributed by atoms with E-state index in [0.717, 1.165) is 0 Å². The maximum absolute atomic E-state index is 11.8. The first-order valence-electron chi connectivity index (χ1n) is 6.01. The number of nitrogens with one attached hydrogen (secondary N) is 1. The standard InChI is InChI=1S/C13H19N3O3/c1-4-15-12(17)8(2)16(3)11-6-5-9(13(18)19)7-10(11)14/h5-8H,4,14H2,1-3H3,(H,15,17)(H,18,19). The average molecular weight is 265 g/mol. The maximum atomic E-state index is 11.8. The molecule has 0 radical (unpaired) electrons. The summed E-state index contributed by atoms with van der Waals surface area (Å²) < 4.78 is 0. The molecule has 6 nitrogen and oxygen atoms in total. The summed E-state index contributed by atoms with van der Waals surface area (Å²) >= 11 is 0. The quantitative estimate of drug-likeness (QED) is 0.688. The number of rotatable bonds is 5. The highest BCUT2D eigenvalue weighted by Crippen LogP contribution is 2.25. The second kappa shape index (κ2) is 6.08. The molecule has 4 N–H and O–H groups in total. The van der Waals surface area contributed by atoms with Crippen LogP contribution in [-0.2, 0) is 4.79 Å². The van der Waals surface area contributed by atoms with E-state index in [0.29, 0.717) is 17.9 Å². The van der Waals surface area contributed by atoms with Crippen LogP contribution in [-0.4, -0.2) is 36.6 Å². The van der Waals surface area contributed by atoms with E-state index in [1.807, 2.05) is 6.92 Å². The van der Waals surface area contributed by atoms with Crippen molar-refractivity contribution < 1.29 is 14.7 Å². The van der Waals surface area contributed by atoms with Gasteiger partial charge in [-0.05, 0) is 32.0 Å². The Labute approximate surface area is 112 Å².